The SMILES string of the molecule is c1ccc(-c2ccc(-c3ccc4c5ccc6ccccc6c5c5nc(-c6ccccc6)c(-c6ccccc6)n5c4c3)cc2)cc1.c1ccc(-c2nc3c4c5ccccc5ccc4c4ccc(-c5ccc(-c6cc7ccccc7c7ccccc67)cc5)cc4n3c2-c2ccccc2)cc1.c1ccc(-c2nc3c4c5ccccc5ccc4c4ccc(-c5ccc6c7c(cccc57)-c5ccccc5-6)cc4n3c2-c2ccccc2)cc1. The maximum Gasteiger partial charge on any atom is 0.147 e. The van der Waals surface area contributed by atoms with Crippen molar-refractivity contribution in [3.05, 3.63) is 534 Å². The molecule has 6 heterocycles. The van der Waals surface area contributed by atoms with Crippen molar-refractivity contribution in [1.29, 1.82) is 0 Å². The van der Waals surface area contributed by atoms with Crippen molar-refractivity contribution in [2.24, 2.45) is 0 Å². The summed E-state index contributed by atoms with van der Waals surface area (Å²) in [6.45, 7) is 0. The average Bonchev–Trinajstić information content (AvgIpc) is 1.49. The van der Waals surface area contributed by atoms with Crippen molar-refractivity contribution in [2.75, 3.05) is 0 Å². The van der Waals surface area contributed by atoms with Gasteiger partial charge < -0.3 is 0 Å². The summed E-state index contributed by atoms with van der Waals surface area (Å²) in [7, 11) is 0. The van der Waals surface area contributed by atoms with Crippen molar-refractivity contribution in [2.45, 2.75) is 0 Å². The standard InChI is InChI=1S/C51H32N2.C47H28N2.C43H28N2/c1-3-14-36(15-4-1)49-50(37-16-5-2-6-17-37)53-47-32-38(28-29-44(47)45-30-27-34-13-7-10-20-41(34)48(45)51(53)52-49)33-23-25-35(26-24-33)46-31-39-18-8-9-19-40(39)42-21-11-12-22-43(42)46;1-3-13-30(14-4-1)45-46(31-15-5-2-6-16-31)49-42-28-32(23-24-37(42)41-25-22-29-12-7-8-17-34(29)44(41)47(49)48-45)33-26-27-40-36-19-10-9-18-35(36)39-21-11-20-38(33)43(39)40;1-4-12-29(13-5-1)30-20-22-31(23-21-30)35-25-26-37-38-27-24-32-14-10-11-19-36(32)40(38)43-44-41(33-15-6-2-7-16-33)42(45(43)39(37)28-35)34-17-8-3-9-18-34/h1-32H;1-28H;1-28H. The Hall–Kier alpha value is -19.5. The van der Waals surface area contributed by atoms with Gasteiger partial charge in [-0.25, -0.2) is 15.0 Å². The van der Waals surface area contributed by atoms with Crippen LogP contribution in [0.2, 0.25) is 0 Å². The van der Waals surface area contributed by atoms with E-state index in [0.717, 1.165) is 101 Å². The van der Waals surface area contributed by atoms with E-state index < -0.39 is 0 Å². The third-order valence-corrected chi connectivity index (χ3v) is 30.4. The minimum Gasteiger partial charge on any atom is -0.291 e. The van der Waals surface area contributed by atoms with E-state index in [2.05, 4.69) is 547 Å². The number of hydrogen-bond donors (Lipinski definition) is 0. The van der Waals surface area contributed by atoms with Crippen LogP contribution in [0.1, 0.15) is 0 Å². The first-order chi connectivity index (χ1) is 73.0. The molecule has 0 atom stereocenters. The molecular formula is C141H88N6. The topological polar surface area (TPSA) is 51.9 Å². The Morgan fingerprint density at radius 1 is 0.122 bits per heavy atom. The van der Waals surface area contributed by atoms with Gasteiger partial charge in [-0.1, -0.05) is 510 Å². The van der Waals surface area contributed by atoms with Gasteiger partial charge in [0, 0.05) is 65.7 Å². The number of rotatable bonds is 11. The largest absolute Gasteiger partial charge is 0.291 e. The van der Waals surface area contributed by atoms with Gasteiger partial charge in [0.15, 0.2) is 0 Å². The Morgan fingerprint density at radius 2 is 0.395 bits per heavy atom. The molecule has 147 heavy (non-hydrogen) atoms. The highest BCUT2D eigenvalue weighted by Gasteiger charge is 2.30. The summed E-state index contributed by atoms with van der Waals surface area (Å²) in [5.74, 6) is 0. The van der Waals surface area contributed by atoms with Gasteiger partial charge in [-0.05, 0) is 183 Å². The highest BCUT2D eigenvalue weighted by atomic mass is 15.1. The van der Waals surface area contributed by atoms with E-state index in [1.165, 1.54) is 191 Å². The lowest BCUT2D eigenvalue weighted by atomic mass is 9.92. The number of nitrogens with zero attached hydrogens (tertiary/aromatic N) is 6. The molecule has 0 unspecified atom stereocenters. The maximum absolute atomic E-state index is 5.56. The van der Waals surface area contributed by atoms with E-state index >= 15 is 0 Å². The first-order valence-electron chi connectivity index (χ1n) is 50.5. The van der Waals surface area contributed by atoms with Crippen LogP contribution in [0.15, 0.2) is 534 Å². The van der Waals surface area contributed by atoms with Crippen molar-refractivity contribution in [3.8, 4) is 145 Å². The molecule has 0 aliphatic heterocycles. The van der Waals surface area contributed by atoms with E-state index in [1.54, 1.807) is 0 Å². The molecule has 1 aliphatic carbocycles. The van der Waals surface area contributed by atoms with Gasteiger partial charge in [-0.15, -0.1) is 0 Å². The van der Waals surface area contributed by atoms with E-state index in [9.17, 15) is 0 Å². The first kappa shape index (κ1) is 84.4. The molecule has 0 bridgehead atoms. The van der Waals surface area contributed by atoms with Gasteiger partial charge >= 0.3 is 0 Å². The Morgan fingerprint density at radius 3 is 0.803 bits per heavy atom. The van der Waals surface area contributed by atoms with E-state index in [-0.39, 0.29) is 0 Å². The molecule has 31 rings (SSSR count). The van der Waals surface area contributed by atoms with Gasteiger partial charge in [0.25, 0.3) is 0 Å². The molecule has 30 aromatic rings. The molecule has 0 fully saturated rings. The second-order valence-electron chi connectivity index (χ2n) is 38.6. The number of fused-ring (bicyclic) bond motifs is 30. The monoisotopic (exact) mass is 1860 g/mol. The maximum atomic E-state index is 5.56. The van der Waals surface area contributed by atoms with E-state index in [1.807, 2.05) is 0 Å². The number of pyridine rings is 3. The van der Waals surface area contributed by atoms with Gasteiger partial charge in [-0.3, -0.25) is 13.2 Å². The van der Waals surface area contributed by atoms with Crippen molar-refractivity contribution in [1.82, 2.24) is 28.2 Å². The van der Waals surface area contributed by atoms with Crippen molar-refractivity contribution in [3.63, 3.8) is 0 Å². The summed E-state index contributed by atoms with van der Waals surface area (Å²) in [4.78, 5) is 16.6. The minimum absolute atomic E-state index is 0.970. The molecule has 682 valence electrons. The van der Waals surface area contributed by atoms with Crippen LogP contribution < -0.4 is 0 Å². The van der Waals surface area contributed by atoms with Crippen molar-refractivity contribution < 1.29 is 0 Å². The Balaban J connectivity index is 0.000000105. The molecule has 0 spiro atoms. The molecule has 0 N–H and O–H groups in total. The van der Waals surface area contributed by atoms with E-state index in [4.69, 9.17) is 15.0 Å². The molecule has 1 aliphatic rings. The highest BCUT2D eigenvalue weighted by Crippen LogP contribution is 2.53. The number of imidazole rings is 3. The normalized spacial score (nSPS) is 11.8. The average molecular weight is 1870 g/mol. The smallest absolute Gasteiger partial charge is 0.147 e. The first-order valence-corrected chi connectivity index (χ1v) is 50.5. The van der Waals surface area contributed by atoms with Crippen LogP contribution in [0.25, 0.3) is 292 Å². The minimum atomic E-state index is 0.970. The van der Waals surface area contributed by atoms with Crippen LogP contribution in [0.4, 0.5) is 0 Å². The van der Waals surface area contributed by atoms with Crippen LogP contribution in [-0.4, -0.2) is 28.2 Å². The summed E-state index contributed by atoms with van der Waals surface area (Å²) in [5, 5.41) is 25.8. The lowest BCUT2D eigenvalue weighted by Crippen LogP contribution is -1.96. The second kappa shape index (κ2) is 34.7. The van der Waals surface area contributed by atoms with Gasteiger partial charge in [0.05, 0.1) is 50.7 Å². The van der Waals surface area contributed by atoms with E-state index in [0.29, 0.717) is 0 Å². The molecule has 6 heteroatoms. The van der Waals surface area contributed by atoms with Gasteiger partial charge in [0.1, 0.15) is 16.9 Å². The summed E-state index contributed by atoms with van der Waals surface area (Å²) in [5.41, 5.74) is 36.7. The number of hydrogen-bond acceptors (Lipinski definition) is 3. The second-order valence-corrected chi connectivity index (χ2v) is 38.6. The zero-order chi connectivity index (χ0) is 96.7. The third kappa shape index (κ3) is 13.9. The predicted octanol–water partition coefficient (Wildman–Crippen LogP) is 37.8. The fourth-order valence-electron chi connectivity index (χ4n) is 23.7. The van der Waals surface area contributed by atoms with Crippen LogP contribution in [0, 0.1) is 0 Å². The Kier molecular flexibility index (Phi) is 19.9. The van der Waals surface area contributed by atoms with Crippen LogP contribution in [0.3, 0.4) is 0 Å². The van der Waals surface area contributed by atoms with Crippen LogP contribution in [0.5, 0.6) is 0 Å². The molecule has 6 aromatic heterocycles. The summed E-state index contributed by atoms with van der Waals surface area (Å²) in [6.07, 6.45) is 0. The van der Waals surface area contributed by atoms with Crippen LogP contribution >= 0.6 is 0 Å². The lowest BCUT2D eigenvalue weighted by molar-refractivity contribution is 1.27. The summed E-state index contributed by atoms with van der Waals surface area (Å²) >= 11 is 0. The lowest BCUT2D eigenvalue weighted by Gasteiger charge is -2.15. The Labute approximate surface area is 847 Å². The zero-order valence-corrected chi connectivity index (χ0v) is 80.0. The summed E-state index contributed by atoms with van der Waals surface area (Å²) in [6, 6.07) is 193. The van der Waals surface area contributed by atoms with Crippen molar-refractivity contribution >= 4 is 147 Å². The van der Waals surface area contributed by atoms with Crippen LogP contribution in [-0.2, 0) is 0 Å². The third-order valence-electron chi connectivity index (χ3n) is 30.4. The van der Waals surface area contributed by atoms with Gasteiger partial charge in [-0.2, -0.15) is 0 Å². The molecule has 24 aromatic carbocycles. The molecule has 0 saturated carbocycles. The molecule has 0 saturated heterocycles. The van der Waals surface area contributed by atoms with Gasteiger partial charge in [0.2, 0.25) is 0 Å². The molecular weight excluding hydrogens is 1780 g/mol. The predicted molar refractivity (Wildman–Crippen MR) is 620 cm³/mol. The number of aromatic nitrogens is 6. The molecule has 0 radical (unpaired) electrons. The highest BCUT2D eigenvalue weighted by molar-refractivity contribution is 6.28. The fourth-order valence-corrected chi connectivity index (χ4v) is 23.7. The molecule has 6 nitrogen and oxygen atoms in total. The fraction of sp³-hybridized carbons (Fsp3) is 0. The summed E-state index contributed by atoms with van der Waals surface area (Å²) < 4.78 is 7.26. The number of benzene rings is 24. The zero-order valence-electron chi connectivity index (χ0n) is 80.0. The molecule has 0 amide bonds. The Bertz CT molecular complexity index is 10500. The quantitative estimate of drug-likeness (QED) is 0.121.